The summed E-state index contributed by atoms with van der Waals surface area (Å²) >= 11 is 0. The maximum Gasteiger partial charge on any atom is 0.240 e. The van der Waals surface area contributed by atoms with E-state index in [1.165, 1.54) is 0 Å². The Morgan fingerprint density at radius 3 is 2.62 bits per heavy atom. The largest absolute Gasteiger partial charge is 0.460 e. The van der Waals surface area contributed by atoms with Crippen LogP contribution in [0.5, 0.6) is 0 Å². The average Bonchev–Trinajstić information content (AvgIpc) is 3.51. The molecule has 0 bridgehead atoms. The number of benzene rings is 3. The predicted molar refractivity (Wildman–Crippen MR) is 151 cm³/mol. The number of furan rings is 1. The Bertz CT molecular complexity index is 1500. The molecule has 2 unspecified atom stereocenters. The molecule has 2 heterocycles. The number of carbonyl (C=O) groups excluding carboxylic acids is 1. The molecule has 0 aliphatic rings. The number of hydrogen-bond donors (Lipinski definition) is 3. The van der Waals surface area contributed by atoms with Gasteiger partial charge in [0.05, 0.1) is 18.1 Å². The van der Waals surface area contributed by atoms with E-state index >= 15 is 0 Å². The molecule has 37 heavy (non-hydrogen) atoms. The van der Waals surface area contributed by atoms with Gasteiger partial charge in [-0.3, -0.25) is 10.1 Å². The van der Waals surface area contributed by atoms with Crippen LogP contribution in [0.25, 0.3) is 21.9 Å². The van der Waals surface area contributed by atoms with Gasteiger partial charge in [-0.15, -0.1) is 0 Å². The highest BCUT2D eigenvalue weighted by atomic mass is 16.3. The maximum atomic E-state index is 13.9. The molecule has 3 N–H and O–H groups in total. The Hall–Kier alpha value is -4.03. The van der Waals surface area contributed by atoms with Crippen molar-refractivity contribution in [1.82, 2.24) is 15.6 Å². The summed E-state index contributed by atoms with van der Waals surface area (Å²) in [5, 5.41) is 8.98. The Labute approximate surface area is 217 Å². The summed E-state index contributed by atoms with van der Waals surface area (Å²) in [6.45, 7) is 4.43. The molecule has 0 fully saturated rings. The maximum absolute atomic E-state index is 13.9. The van der Waals surface area contributed by atoms with Crippen molar-refractivity contribution in [2.24, 2.45) is 0 Å². The zero-order valence-corrected chi connectivity index (χ0v) is 21.8. The molecule has 190 valence electrons. The second-order valence-corrected chi connectivity index (χ2v) is 10.2. The quantitative estimate of drug-likeness (QED) is 0.237. The summed E-state index contributed by atoms with van der Waals surface area (Å²) in [6.07, 6.45) is 2.52. The van der Waals surface area contributed by atoms with Crippen LogP contribution < -0.4 is 15.5 Å². The number of H-pyrrole nitrogens is 1. The molecule has 0 aliphatic heterocycles. The molecule has 0 saturated carbocycles. The van der Waals surface area contributed by atoms with Gasteiger partial charge in [-0.2, -0.15) is 0 Å². The fourth-order valence-electron chi connectivity index (χ4n) is 4.80. The van der Waals surface area contributed by atoms with Gasteiger partial charge in [-0.05, 0) is 55.3 Å². The molecular weight excluding hydrogens is 460 g/mol. The van der Waals surface area contributed by atoms with Crippen molar-refractivity contribution in [2.75, 3.05) is 19.0 Å². The number of para-hydroxylation sites is 2. The first-order valence-electron chi connectivity index (χ1n) is 12.7. The van der Waals surface area contributed by atoms with Gasteiger partial charge in [0, 0.05) is 48.7 Å². The topological polar surface area (TPSA) is 73.3 Å². The van der Waals surface area contributed by atoms with Crippen LogP contribution >= 0.6 is 0 Å². The molecular formula is C31H34N4O2. The summed E-state index contributed by atoms with van der Waals surface area (Å²) in [6, 6.07) is 26.3. The third kappa shape index (κ3) is 5.25. The number of anilines is 1. The molecule has 2 atom stereocenters. The second kappa shape index (κ2) is 10.1. The molecule has 0 aliphatic carbocycles. The number of fused-ring (bicyclic) bond motifs is 2. The van der Waals surface area contributed by atoms with E-state index in [9.17, 15) is 4.79 Å². The number of hydrogen-bond acceptors (Lipinski definition) is 4. The lowest BCUT2D eigenvalue weighted by Gasteiger charge is -2.31. The molecule has 6 heteroatoms. The second-order valence-electron chi connectivity index (χ2n) is 10.2. The monoisotopic (exact) mass is 494 g/mol. The standard InChI is InChI=1S/C31H34N4O2/c1-21(22-11-9-12-25(16-22)35(3)4)34-30(36)31(2,18-24-19-32-28-14-7-6-13-27(24)28)33-20-26-17-23-10-5-8-15-29(23)37-26/h5-17,19,21,32-33H,18,20H2,1-4H3,(H,34,36). The molecule has 0 radical (unpaired) electrons. The van der Waals surface area contributed by atoms with Gasteiger partial charge in [-0.25, -0.2) is 0 Å². The first kappa shape index (κ1) is 24.7. The highest BCUT2D eigenvalue weighted by Gasteiger charge is 2.35. The molecule has 1 amide bonds. The van der Waals surface area contributed by atoms with Crippen molar-refractivity contribution < 1.29 is 9.21 Å². The number of rotatable bonds is 9. The van der Waals surface area contributed by atoms with E-state index in [0.29, 0.717) is 13.0 Å². The van der Waals surface area contributed by atoms with E-state index in [4.69, 9.17) is 4.42 Å². The van der Waals surface area contributed by atoms with E-state index in [0.717, 1.165) is 44.4 Å². The number of nitrogens with one attached hydrogen (secondary N) is 3. The summed E-state index contributed by atoms with van der Waals surface area (Å²) in [7, 11) is 4.03. The molecule has 0 spiro atoms. The van der Waals surface area contributed by atoms with E-state index < -0.39 is 5.54 Å². The fourth-order valence-corrected chi connectivity index (χ4v) is 4.80. The van der Waals surface area contributed by atoms with Crippen molar-refractivity contribution in [2.45, 2.75) is 38.4 Å². The fraction of sp³-hybridized carbons (Fsp3) is 0.258. The first-order chi connectivity index (χ1) is 17.8. The van der Waals surface area contributed by atoms with Crippen molar-refractivity contribution in [1.29, 1.82) is 0 Å². The van der Waals surface area contributed by atoms with Crippen LogP contribution in [0.15, 0.2) is 89.5 Å². The predicted octanol–water partition coefficient (Wildman–Crippen LogP) is 5.95. The Kier molecular flexibility index (Phi) is 6.76. The molecule has 5 aromatic rings. The number of carbonyl (C=O) groups is 1. The van der Waals surface area contributed by atoms with Gasteiger partial charge in [0.25, 0.3) is 0 Å². The SMILES string of the molecule is CC(NC(=O)C(C)(Cc1c[nH]c2ccccc12)NCc1cc2ccccc2o1)c1cccc(N(C)C)c1. The minimum atomic E-state index is -0.878. The van der Waals surface area contributed by atoms with Crippen molar-refractivity contribution in [3.05, 3.63) is 102 Å². The number of amides is 1. The van der Waals surface area contributed by atoms with Gasteiger partial charge >= 0.3 is 0 Å². The zero-order chi connectivity index (χ0) is 26.0. The normalized spacial score (nSPS) is 13.9. The summed E-state index contributed by atoms with van der Waals surface area (Å²) in [4.78, 5) is 19.3. The highest BCUT2D eigenvalue weighted by molar-refractivity contribution is 5.89. The summed E-state index contributed by atoms with van der Waals surface area (Å²) in [5.74, 6) is 0.738. The molecule has 6 nitrogen and oxygen atoms in total. The highest BCUT2D eigenvalue weighted by Crippen LogP contribution is 2.26. The number of aromatic amines is 1. The van der Waals surface area contributed by atoms with Crippen molar-refractivity contribution in [3.63, 3.8) is 0 Å². The van der Waals surface area contributed by atoms with E-state index in [-0.39, 0.29) is 11.9 Å². The molecule has 2 aromatic heterocycles. The van der Waals surface area contributed by atoms with E-state index in [1.54, 1.807) is 0 Å². The molecule has 5 rings (SSSR count). The van der Waals surface area contributed by atoms with Crippen LogP contribution in [0, 0.1) is 0 Å². The third-order valence-corrected chi connectivity index (χ3v) is 7.08. The zero-order valence-electron chi connectivity index (χ0n) is 21.8. The van der Waals surface area contributed by atoms with Crippen molar-refractivity contribution >= 4 is 33.5 Å². The minimum absolute atomic E-state index is 0.0587. The molecule has 0 saturated heterocycles. The van der Waals surface area contributed by atoms with Crippen molar-refractivity contribution in [3.8, 4) is 0 Å². The smallest absolute Gasteiger partial charge is 0.240 e. The lowest BCUT2D eigenvalue weighted by Crippen LogP contribution is -2.56. The van der Waals surface area contributed by atoms with Gasteiger partial charge in [-0.1, -0.05) is 48.5 Å². The van der Waals surface area contributed by atoms with Crippen LogP contribution in [0.3, 0.4) is 0 Å². The summed E-state index contributed by atoms with van der Waals surface area (Å²) < 4.78 is 6.03. The number of nitrogens with zero attached hydrogens (tertiary/aromatic N) is 1. The lowest BCUT2D eigenvalue weighted by molar-refractivity contribution is -0.127. The van der Waals surface area contributed by atoms with Crippen LogP contribution in [-0.4, -0.2) is 30.5 Å². The van der Waals surface area contributed by atoms with Crippen LogP contribution in [0.4, 0.5) is 5.69 Å². The Balaban J connectivity index is 1.41. The lowest BCUT2D eigenvalue weighted by atomic mass is 9.90. The summed E-state index contributed by atoms with van der Waals surface area (Å²) in [5.41, 5.74) is 4.28. The Morgan fingerprint density at radius 1 is 1.03 bits per heavy atom. The van der Waals surface area contributed by atoms with Crippen LogP contribution in [0.1, 0.15) is 36.8 Å². The first-order valence-corrected chi connectivity index (χ1v) is 12.7. The van der Waals surface area contributed by atoms with Gasteiger partial charge in [0.15, 0.2) is 0 Å². The Morgan fingerprint density at radius 2 is 1.81 bits per heavy atom. The van der Waals surface area contributed by atoms with Gasteiger partial charge < -0.3 is 19.6 Å². The van der Waals surface area contributed by atoms with Gasteiger partial charge in [0.1, 0.15) is 11.3 Å². The van der Waals surface area contributed by atoms with Crippen LogP contribution in [-0.2, 0) is 17.8 Å². The van der Waals surface area contributed by atoms with Gasteiger partial charge in [0.2, 0.25) is 5.91 Å². The minimum Gasteiger partial charge on any atom is -0.460 e. The van der Waals surface area contributed by atoms with E-state index in [2.05, 4.69) is 50.8 Å². The van der Waals surface area contributed by atoms with E-state index in [1.807, 2.05) is 82.7 Å². The average molecular weight is 495 g/mol. The third-order valence-electron chi connectivity index (χ3n) is 7.08. The van der Waals surface area contributed by atoms with Crippen LogP contribution in [0.2, 0.25) is 0 Å². The molecule has 3 aromatic carbocycles. The number of aromatic nitrogens is 1.